The highest BCUT2D eigenvalue weighted by Gasteiger charge is 2.18. The van der Waals surface area contributed by atoms with Crippen molar-refractivity contribution in [2.24, 2.45) is 0 Å². The highest BCUT2D eigenvalue weighted by atomic mass is 35.5. The van der Waals surface area contributed by atoms with Gasteiger partial charge >= 0.3 is 5.97 Å². The molecule has 1 heterocycles. The van der Waals surface area contributed by atoms with Crippen LogP contribution in [0.3, 0.4) is 0 Å². The van der Waals surface area contributed by atoms with Gasteiger partial charge in [-0.1, -0.05) is 35.9 Å². The number of amides is 1. The number of fused-ring (bicyclic) bond motifs is 1. The largest absolute Gasteiger partial charge is 0.478 e. The minimum atomic E-state index is -1.16. The van der Waals surface area contributed by atoms with Gasteiger partial charge in [0.15, 0.2) is 0 Å². The fourth-order valence-corrected chi connectivity index (χ4v) is 2.49. The summed E-state index contributed by atoms with van der Waals surface area (Å²) in [4.78, 5) is 26.7. The zero-order chi connectivity index (χ0) is 15.7. The second-order valence-electron chi connectivity index (χ2n) is 4.67. The van der Waals surface area contributed by atoms with E-state index in [-0.39, 0.29) is 16.3 Å². The van der Waals surface area contributed by atoms with Gasteiger partial charge in [-0.2, -0.15) is 0 Å². The molecule has 0 radical (unpaired) electrons. The van der Waals surface area contributed by atoms with Crippen LogP contribution in [0.5, 0.6) is 0 Å². The maximum absolute atomic E-state index is 12.4. The van der Waals surface area contributed by atoms with Crippen LogP contribution in [0.4, 0.5) is 5.69 Å². The summed E-state index contributed by atoms with van der Waals surface area (Å²) in [6, 6.07) is 11.8. The van der Waals surface area contributed by atoms with Crippen molar-refractivity contribution in [3.05, 3.63) is 64.8 Å². The van der Waals surface area contributed by atoms with E-state index < -0.39 is 11.9 Å². The summed E-state index contributed by atoms with van der Waals surface area (Å²) >= 11 is 6.01. The highest BCUT2D eigenvalue weighted by Crippen LogP contribution is 2.27. The van der Waals surface area contributed by atoms with E-state index in [1.54, 1.807) is 6.20 Å². The molecule has 2 aromatic carbocycles. The van der Waals surface area contributed by atoms with Gasteiger partial charge in [0.2, 0.25) is 0 Å². The number of rotatable bonds is 3. The summed E-state index contributed by atoms with van der Waals surface area (Å²) in [6.45, 7) is 0. The number of halogens is 1. The molecular weight excluding hydrogens is 304 g/mol. The lowest BCUT2D eigenvalue weighted by atomic mass is 10.1. The number of carboxylic acid groups (broad SMARTS) is 1. The molecule has 0 fully saturated rings. The quantitative estimate of drug-likeness (QED) is 0.688. The second-order valence-corrected chi connectivity index (χ2v) is 5.08. The van der Waals surface area contributed by atoms with Crippen molar-refractivity contribution in [1.29, 1.82) is 0 Å². The summed E-state index contributed by atoms with van der Waals surface area (Å²) in [7, 11) is 0. The fraction of sp³-hybridized carbons (Fsp3) is 0. The monoisotopic (exact) mass is 314 g/mol. The number of anilines is 1. The van der Waals surface area contributed by atoms with Gasteiger partial charge in [0.05, 0.1) is 21.8 Å². The molecule has 110 valence electrons. The Bertz CT molecular complexity index is 886. The van der Waals surface area contributed by atoms with Crippen LogP contribution >= 0.6 is 11.6 Å². The first-order valence-electron chi connectivity index (χ1n) is 6.47. The van der Waals surface area contributed by atoms with E-state index in [9.17, 15) is 14.7 Å². The van der Waals surface area contributed by atoms with Gasteiger partial charge < -0.3 is 15.4 Å². The Morgan fingerprint density at radius 2 is 1.82 bits per heavy atom. The van der Waals surface area contributed by atoms with Gasteiger partial charge in [0.25, 0.3) is 5.91 Å². The van der Waals surface area contributed by atoms with Gasteiger partial charge in [0.1, 0.15) is 0 Å². The van der Waals surface area contributed by atoms with E-state index in [0.29, 0.717) is 5.56 Å². The summed E-state index contributed by atoms with van der Waals surface area (Å²) in [6.07, 6.45) is 1.58. The normalized spacial score (nSPS) is 10.6. The number of benzene rings is 2. The predicted octanol–water partition coefficient (Wildman–Crippen LogP) is 3.77. The molecule has 0 aliphatic rings. The first kappa shape index (κ1) is 14.2. The summed E-state index contributed by atoms with van der Waals surface area (Å²) in [5.74, 6) is -1.58. The Morgan fingerprint density at radius 3 is 2.59 bits per heavy atom. The number of nitrogens with one attached hydrogen (secondary N) is 2. The molecule has 22 heavy (non-hydrogen) atoms. The number of carbonyl (C=O) groups is 2. The number of para-hydroxylation sites is 2. The Hall–Kier alpha value is -2.79. The minimum absolute atomic E-state index is 0.0549. The van der Waals surface area contributed by atoms with Gasteiger partial charge in [-0.05, 0) is 18.2 Å². The van der Waals surface area contributed by atoms with Crippen LogP contribution in [0.25, 0.3) is 10.9 Å². The average molecular weight is 315 g/mol. The van der Waals surface area contributed by atoms with Crippen LogP contribution in [0, 0.1) is 0 Å². The lowest BCUT2D eigenvalue weighted by Gasteiger charge is -2.10. The van der Waals surface area contributed by atoms with Crippen molar-refractivity contribution in [1.82, 2.24) is 4.98 Å². The van der Waals surface area contributed by atoms with E-state index in [0.717, 1.165) is 10.9 Å². The van der Waals surface area contributed by atoms with Gasteiger partial charge in [0, 0.05) is 17.1 Å². The maximum Gasteiger partial charge on any atom is 0.337 e. The molecule has 5 nitrogen and oxygen atoms in total. The van der Waals surface area contributed by atoms with Crippen LogP contribution in [0.15, 0.2) is 48.7 Å². The van der Waals surface area contributed by atoms with Crippen LogP contribution in [0.1, 0.15) is 20.7 Å². The maximum atomic E-state index is 12.4. The number of carbonyl (C=O) groups excluding carboxylic acids is 1. The lowest BCUT2D eigenvalue weighted by Crippen LogP contribution is -2.15. The van der Waals surface area contributed by atoms with Gasteiger partial charge in [-0.15, -0.1) is 0 Å². The van der Waals surface area contributed by atoms with Crippen molar-refractivity contribution in [3.63, 3.8) is 0 Å². The van der Waals surface area contributed by atoms with Crippen molar-refractivity contribution in [2.75, 3.05) is 5.32 Å². The summed E-state index contributed by atoms with van der Waals surface area (Å²) in [5.41, 5.74) is 1.28. The van der Waals surface area contributed by atoms with Gasteiger partial charge in [-0.25, -0.2) is 4.79 Å². The van der Waals surface area contributed by atoms with Crippen LogP contribution < -0.4 is 5.32 Å². The molecule has 3 rings (SSSR count). The molecule has 0 atom stereocenters. The average Bonchev–Trinajstić information content (AvgIpc) is 2.93. The molecule has 3 N–H and O–H groups in total. The molecule has 6 heteroatoms. The Balaban J connectivity index is 2.00. The Morgan fingerprint density at radius 1 is 1.05 bits per heavy atom. The number of hydrogen-bond acceptors (Lipinski definition) is 2. The number of carboxylic acids is 1. The molecule has 0 aliphatic carbocycles. The molecular formula is C16H11ClN2O3. The van der Waals surface area contributed by atoms with Crippen molar-refractivity contribution >= 4 is 40.1 Å². The molecule has 0 saturated heterocycles. The molecule has 1 aromatic heterocycles. The van der Waals surface area contributed by atoms with Crippen LogP contribution in [-0.2, 0) is 0 Å². The fourth-order valence-electron chi connectivity index (χ4n) is 2.27. The smallest absolute Gasteiger partial charge is 0.337 e. The number of H-pyrrole nitrogens is 1. The van der Waals surface area contributed by atoms with Crippen molar-refractivity contribution < 1.29 is 14.7 Å². The second kappa shape index (κ2) is 5.54. The number of aromatic carboxylic acids is 1. The first-order valence-corrected chi connectivity index (χ1v) is 6.85. The molecule has 1 amide bonds. The van der Waals surface area contributed by atoms with E-state index >= 15 is 0 Å². The summed E-state index contributed by atoms with van der Waals surface area (Å²) < 4.78 is 0. The number of hydrogen-bond donors (Lipinski definition) is 3. The molecule has 3 aromatic rings. The zero-order valence-electron chi connectivity index (χ0n) is 11.3. The molecule has 0 aliphatic heterocycles. The van der Waals surface area contributed by atoms with E-state index in [1.165, 1.54) is 18.2 Å². The van der Waals surface area contributed by atoms with Gasteiger partial charge in [-0.3, -0.25) is 4.79 Å². The van der Waals surface area contributed by atoms with Crippen LogP contribution in [-0.4, -0.2) is 22.0 Å². The number of aromatic nitrogens is 1. The molecule has 0 bridgehead atoms. The summed E-state index contributed by atoms with van der Waals surface area (Å²) in [5, 5.41) is 12.7. The third kappa shape index (κ3) is 2.42. The van der Waals surface area contributed by atoms with E-state index in [1.807, 2.05) is 24.3 Å². The van der Waals surface area contributed by atoms with Crippen molar-refractivity contribution in [3.8, 4) is 0 Å². The van der Waals surface area contributed by atoms with E-state index in [2.05, 4.69) is 10.3 Å². The van der Waals surface area contributed by atoms with Crippen LogP contribution in [0.2, 0.25) is 5.02 Å². The highest BCUT2D eigenvalue weighted by molar-refractivity contribution is 6.35. The minimum Gasteiger partial charge on any atom is -0.478 e. The molecule has 0 unspecified atom stereocenters. The third-order valence-corrected chi connectivity index (χ3v) is 3.63. The topological polar surface area (TPSA) is 82.2 Å². The predicted molar refractivity (Wildman–Crippen MR) is 84.7 cm³/mol. The molecule has 0 saturated carbocycles. The third-order valence-electron chi connectivity index (χ3n) is 3.32. The lowest BCUT2D eigenvalue weighted by molar-refractivity contribution is 0.0698. The first-order chi connectivity index (χ1) is 10.6. The number of aromatic amines is 1. The van der Waals surface area contributed by atoms with E-state index in [4.69, 9.17) is 11.6 Å². The molecule has 0 spiro atoms. The SMILES string of the molecule is O=C(O)c1cccc(Cl)c1NC(=O)c1c[nH]c2ccccc12. The van der Waals surface area contributed by atoms with Crippen molar-refractivity contribution in [2.45, 2.75) is 0 Å². The zero-order valence-corrected chi connectivity index (χ0v) is 12.0. The Kier molecular flexibility index (Phi) is 3.56. The Labute approximate surface area is 130 Å². The standard InChI is InChI=1S/C16H11ClN2O3/c17-12-6-3-5-10(16(21)22)14(12)19-15(20)11-8-18-13-7-2-1-4-9(11)13/h1-8,18H,(H,19,20)(H,21,22).